The lowest BCUT2D eigenvalue weighted by Crippen LogP contribution is -2.04. The van der Waals surface area contributed by atoms with Gasteiger partial charge in [-0.25, -0.2) is 0 Å². The van der Waals surface area contributed by atoms with Gasteiger partial charge in [0, 0.05) is 33.6 Å². The zero-order valence-corrected chi connectivity index (χ0v) is 13.6. The summed E-state index contributed by atoms with van der Waals surface area (Å²) < 4.78 is 0.982. The highest BCUT2D eigenvalue weighted by atomic mass is 79.9. The van der Waals surface area contributed by atoms with Crippen molar-refractivity contribution in [2.75, 3.05) is 0 Å². The number of aromatic nitrogens is 1. The average molecular weight is 342 g/mol. The molecule has 1 aromatic heterocycles. The number of hydrogen-bond acceptors (Lipinski definition) is 1. The molecule has 0 bridgehead atoms. The van der Waals surface area contributed by atoms with Crippen LogP contribution in [0, 0.1) is 13.8 Å². The summed E-state index contributed by atoms with van der Waals surface area (Å²) in [6.45, 7) is 4.10. The molecule has 2 nitrogen and oxygen atoms in total. The summed E-state index contributed by atoms with van der Waals surface area (Å²) in [5.41, 5.74) is 5.19. The maximum atomic E-state index is 12.6. The molecular weight excluding hydrogens is 326 g/mol. The van der Waals surface area contributed by atoms with Crippen LogP contribution in [0.1, 0.15) is 27.0 Å². The molecule has 0 atom stereocenters. The highest BCUT2D eigenvalue weighted by Gasteiger charge is 2.14. The van der Waals surface area contributed by atoms with E-state index >= 15 is 0 Å². The van der Waals surface area contributed by atoms with Crippen LogP contribution >= 0.6 is 15.9 Å². The Morgan fingerprint density at radius 2 is 1.95 bits per heavy atom. The van der Waals surface area contributed by atoms with Crippen LogP contribution in [0.4, 0.5) is 0 Å². The summed E-state index contributed by atoms with van der Waals surface area (Å²) in [6.07, 6.45) is 2.25. The van der Waals surface area contributed by atoms with Crippen LogP contribution in [0.5, 0.6) is 0 Å². The first-order chi connectivity index (χ1) is 10.0. The number of H-pyrrole nitrogens is 1. The number of hydrogen-bond donors (Lipinski definition) is 1. The Morgan fingerprint density at radius 3 is 2.76 bits per heavy atom. The van der Waals surface area contributed by atoms with Crippen molar-refractivity contribution in [2.45, 2.75) is 20.3 Å². The largest absolute Gasteiger partial charge is 0.360 e. The second-order valence-electron chi connectivity index (χ2n) is 5.42. The van der Waals surface area contributed by atoms with Gasteiger partial charge in [0.1, 0.15) is 0 Å². The van der Waals surface area contributed by atoms with Gasteiger partial charge < -0.3 is 4.98 Å². The van der Waals surface area contributed by atoms with E-state index in [4.69, 9.17) is 0 Å². The molecule has 1 heterocycles. The molecule has 0 saturated heterocycles. The molecule has 0 aliphatic carbocycles. The number of rotatable bonds is 3. The van der Waals surface area contributed by atoms with Crippen molar-refractivity contribution in [2.24, 2.45) is 0 Å². The predicted molar refractivity (Wildman–Crippen MR) is 89.9 cm³/mol. The standard InChI is InChI=1S/C18H16BrNO/c1-11-3-4-12(2)13(7-11)8-18(21)16-10-20-17-6-5-14(19)9-15(16)17/h3-7,9-10,20H,8H2,1-2H3. The third kappa shape index (κ3) is 2.79. The van der Waals surface area contributed by atoms with Gasteiger partial charge in [-0.2, -0.15) is 0 Å². The van der Waals surface area contributed by atoms with Crippen LogP contribution in [-0.2, 0) is 6.42 Å². The summed E-state index contributed by atoms with van der Waals surface area (Å²) >= 11 is 3.46. The molecule has 2 aromatic carbocycles. The first-order valence-corrected chi connectivity index (χ1v) is 7.70. The number of carbonyl (C=O) groups is 1. The number of aryl methyl sites for hydroxylation is 2. The molecule has 21 heavy (non-hydrogen) atoms. The van der Waals surface area contributed by atoms with Crippen molar-refractivity contribution in [3.8, 4) is 0 Å². The third-order valence-corrected chi connectivity index (χ3v) is 4.29. The van der Waals surface area contributed by atoms with E-state index in [1.807, 2.05) is 31.3 Å². The molecule has 0 saturated carbocycles. The van der Waals surface area contributed by atoms with Gasteiger partial charge in [-0.1, -0.05) is 39.7 Å². The second kappa shape index (κ2) is 5.49. The number of benzene rings is 2. The van der Waals surface area contributed by atoms with Crippen molar-refractivity contribution >= 4 is 32.6 Å². The maximum absolute atomic E-state index is 12.6. The Kier molecular flexibility index (Phi) is 3.68. The highest BCUT2D eigenvalue weighted by Crippen LogP contribution is 2.24. The lowest BCUT2D eigenvalue weighted by molar-refractivity contribution is 0.0994. The fraction of sp³-hybridized carbons (Fsp3) is 0.167. The smallest absolute Gasteiger partial charge is 0.169 e. The van der Waals surface area contributed by atoms with Crippen molar-refractivity contribution < 1.29 is 4.79 Å². The third-order valence-electron chi connectivity index (χ3n) is 3.80. The first kappa shape index (κ1) is 14.1. The van der Waals surface area contributed by atoms with Gasteiger partial charge in [0.25, 0.3) is 0 Å². The van der Waals surface area contributed by atoms with Gasteiger partial charge in [0.2, 0.25) is 0 Å². The first-order valence-electron chi connectivity index (χ1n) is 6.90. The fourth-order valence-electron chi connectivity index (χ4n) is 2.58. The average Bonchev–Trinajstić information content (AvgIpc) is 2.85. The molecular formula is C18H16BrNO. The van der Waals surface area contributed by atoms with Crippen molar-refractivity contribution in [1.82, 2.24) is 4.98 Å². The Labute approximate surface area is 132 Å². The molecule has 1 N–H and O–H groups in total. The zero-order valence-electron chi connectivity index (χ0n) is 12.0. The topological polar surface area (TPSA) is 32.9 Å². The number of aromatic amines is 1. The maximum Gasteiger partial charge on any atom is 0.169 e. The lowest BCUT2D eigenvalue weighted by Gasteiger charge is -2.06. The Hall–Kier alpha value is -1.87. The van der Waals surface area contributed by atoms with Crippen LogP contribution in [-0.4, -0.2) is 10.8 Å². The van der Waals surface area contributed by atoms with Crippen molar-refractivity contribution in [3.05, 3.63) is 69.3 Å². The molecule has 3 heteroatoms. The van der Waals surface area contributed by atoms with Gasteiger partial charge in [-0.15, -0.1) is 0 Å². The minimum atomic E-state index is 0.146. The summed E-state index contributed by atoms with van der Waals surface area (Å²) in [5, 5.41) is 0.972. The quantitative estimate of drug-likeness (QED) is 0.670. The number of carbonyl (C=O) groups excluding carboxylic acids is 1. The second-order valence-corrected chi connectivity index (χ2v) is 6.34. The van der Waals surface area contributed by atoms with E-state index in [1.165, 1.54) is 5.56 Å². The van der Waals surface area contributed by atoms with E-state index < -0.39 is 0 Å². The Bertz CT molecular complexity index is 832. The van der Waals surface area contributed by atoms with Crippen LogP contribution in [0.15, 0.2) is 47.1 Å². The number of nitrogens with one attached hydrogen (secondary N) is 1. The monoisotopic (exact) mass is 341 g/mol. The van der Waals surface area contributed by atoms with Gasteiger partial charge in [-0.05, 0) is 43.2 Å². The van der Waals surface area contributed by atoms with Crippen LogP contribution in [0.3, 0.4) is 0 Å². The number of fused-ring (bicyclic) bond motifs is 1. The van der Waals surface area contributed by atoms with Gasteiger partial charge in [0.15, 0.2) is 5.78 Å². The zero-order chi connectivity index (χ0) is 15.0. The van der Waals surface area contributed by atoms with Crippen LogP contribution in [0.2, 0.25) is 0 Å². The van der Waals surface area contributed by atoms with Crippen LogP contribution in [0.25, 0.3) is 10.9 Å². The SMILES string of the molecule is Cc1ccc(C)c(CC(=O)c2c[nH]c3ccc(Br)cc23)c1. The van der Waals surface area contributed by atoms with E-state index in [1.54, 1.807) is 0 Å². The lowest BCUT2D eigenvalue weighted by atomic mass is 9.97. The van der Waals surface area contributed by atoms with E-state index in [-0.39, 0.29) is 5.78 Å². The molecule has 0 radical (unpaired) electrons. The summed E-state index contributed by atoms with van der Waals surface area (Å²) in [7, 11) is 0. The van der Waals surface area contributed by atoms with Gasteiger partial charge in [0.05, 0.1) is 0 Å². The molecule has 0 spiro atoms. The van der Waals surface area contributed by atoms with Crippen LogP contribution < -0.4 is 0 Å². The fourth-order valence-corrected chi connectivity index (χ4v) is 2.94. The minimum absolute atomic E-state index is 0.146. The minimum Gasteiger partial charge on any atom is -0.360 e. The van der Waals surface area contributed by atoms with E-state index in [2.05, 4.69) is 46.0 Å². The number of Topliss-reactive ketones (excluding diaryl/α,β-unsaturated/α-hetero) is 1. The van der Waals surface area contributed by atoms with E-state index in [9.17, 15) is 4.79 Å². The molecule has 0 amide bonds. The molecule has 3 aromatic rings. The molecule has 0 aliphatic rings. The van der Waals surface area contributed by atoms with E-state index in [0.29, 0.717) is 6.42 Å². The number of ketones is 1. The molecule has 0 unspecified atom stereocenters. The molecule has 0 fully saturated rings. The highest BCUT2D eigenvalue weighted by molar-refractivity contribution is 9.10. The van der Waals surface area contributed by atoms with Gasteiger partial charge >= 0.3 is 0 Å². The van der Waals surface area contributed by atoms with E-state index in [0.717, 1.165) is 32.1 Å². The summed E-state index contributed by atoms with van der Waals surface area (Å²) in [5.74, 6) is 0.146. The summed E-state index contributed by atoms with van der Waals surface area (Å²) in [4.78, 5) is 15.8. The normalized spacial score (nSPS) is 11.0. The number of halogens is 1. The predicted octanol–water partition coefficient (Wildman–Crippen LogP) is 4.97. The molecule has 3 rings (SSSR count). The Balaban J connectivity index is 1.97. The van der Waals surface area contributed by atoms with Crippen molar-refractivity contribution in [3.63, 3.8) is 0 Å². The summed E-state index contributed by atoms with van der Waals surface area (Å²) in [6, 6.07) is 12.2. The van der Waals surface area contributed by atoms with Crippen molar-refractivity contribution in [1.29, 1.82) is 0 Å². The van der Waals surface area contributed by atoms with Gasteiger partial charge in [-0.3, -0.25) is 4.79 Å². The Morgan fingerprint density at radius 1 is 1.14 bits per heavy atom. The molecule has 106 valence electrons. The molecule has 0 aliphatic heterocycles.